The van der Waals surface area contributed by atoms with Gasteiger partial charge in [0.05, 0.1) is 0 Å². The second-order valence-electron chi connectivity index (χ2n) is 3.37. The van der Waals surface area contributed by atoms with E-state index in [0.29, 0.717) is 11.3 Å². The average Bonchev–Trinajstić information content (AvgIpc) is 2.34. The van der Waals surface area contributed by atoms with Crippen molar-refractivity contribution in [3.63, 3.8) is 0 Å². The maximum atomic E-state index is 13.0. The minimum Gasteiger partial charge on any atom is -0.457 e. The molecule has 1 aromatic heterocycles. The Kier molecular flexibility index (Phi) is 3.30. The second kappa shape index (κ2) is 4.88. The van der Waals surface area contributed by atoms with Gasteiger partial charge in [-0.2, -0.15) is 0 Å². The van der Waals surface area contributed by atoms with Gasteiger partial charge in [-0.05, 0) is 18.2 Å². The predicted molar refractivity (Wildman–Crippen MR) is 58.6 cm³/mol. The second-order valence-corrected chi connectivity index (χ2v) is 3.37. The van der Waals surface area contributed by atoms with Crippen molar-refractivity contribution in [3.05, 3.63) is 53.9 Å². The fourth-order valence-electron chi connectivity index (χ4n) is 1.33. The molecule has 0 spiro atoms. The molecule has 17 heavy (non-hydrogen) atoms. The molecular formula is C12H10F2N2O. The molecule has 0 saturated heterocycles. The highest BCUT2D eigenvalue weighted by molar-refractivity contribution is 5.35. The van der Waals surface area contributed by atoms with E-state index in [0.717, 1.165) is 12.1 Å². The lowest BCUT2D eigenvalue weighted by atomic mass is 10.2. The van der Waals surface area contributed by atoms with Crippen LogP contribution in [0.2, 0.25) is 0 Å². The highest BCUT2D eigenvalue weighted by atomic mass is 19.2. The Labute approximate surface area is 96.9 Å². The number of halogens is 2. The first-order valence-corrected chi connectivity index (χ1v) is 4.96. The molecule has 2 N–H and O–H groups in total. The first-order chi connectivity index (χ1) is 8.20. The summed E-state index contributed by atoms with van der Waals surface area (Å²) in [5.41, 5.74) is 6.20. The Hall–Kier alpha value is -2.01. The van der Waals surface area contributed by atoms with Gasteiger partial charge in [-0.25, -0.2) is 8.78 Å². The third-order valence-corrected chi connectivity index (χ3v) is 2.20. The molecule has 0 aliphatic carbocycles. The largest absolute Gasteiger partial charge is 0.457 e. The zero-order valence-corrected chi connectivity index (χ0v) is 8.86. The standard InChI is InChI=1S/C12H10F2N2O/c13-10-2-1-9(5-11(10)14)17-12-3-4-16-7-8(12)6-15/h1-5,7H,6,15H2. The van der Waals surface area contributed by atoms with Crippen molar-refractivity contribution in [2.45, 2.75) is 6.54 Å². The number of nitrogens with zero attached hydrogens (tertiary/aromatic N) is 1. The molecule has 0 bridgehead atoms. The van der Waals surface area contributed by atoms with Gasteiger partial charge in [0.2, 0.25) is 0 Å². The van der Waals surface area contributed by atoms with E-state index in [9.17, 15) is 8.78 Å². The summed E-state index contributed by atoms with van der Waals surface area (Å²) in [7, 11) is 0. The monoisotopic (exact) mass is 236 g/mol. The smallest absolute Gasteiger partial charge is 0.162 e. The Morgan fingerprint density at radius 1 is 1.18 bits per heavy atom. The topological polar surface area (TPSA) is 48.1 Å². The van der Waals surface area contributed by atoms with Crippen LogP contribution in [0.4, 0.5) is 8.78 Å². The molecule has 1 aromatic carbocycles. The van der Waals surface area contributed by atoms with Crippen molar-refractivity contribution >= 4 is 0 Å². The number of ether oxygens (including phenoxy) is 1. The van der Waals surface area contributed by atoms with Gasteiger partial charge in [-0.15, -0.1) is 0 Å². The Morgan fingerprint density at radius 2 is 2.00 bits per heavy atom. The van der Waals surface area contributed by atoms with Crippen LogP contribution >= 0.6 is 0 Å². The summed E-state index contributed by atoms with van der Waals surface area (Å²) in [6.07, 6.45) is 3.10. The van der Waals surface area contributed by atoms with E-state index in [1.165, 1.54) is 12.3 Å². The number of pyridine rings is 1. The van der Waals surface area contributed by atoms with Gasteiger partial charge < -0.3 is 10.5 Å². The highest BCUT2D eigenvalue weighted by Crippen LogP contribution is 2.25. The first-order valence-electron chi connectivity index (χ1n) is 4.96. The van der Waals surface area contributed by atoms with E-state index in [2.05, 4.69) is 4.98 Å². The molecule has 0 radical (unpaired) electrons. The summed E-state index contributed by atoms with van der Waals surface area (Å²) in [6, 6.07) is 4.95. The minimum absolute atomic E-state index is 0.213. The summed E-state index contributed by atoms with van der Waals surface area (Å²) >= 11 is 0. The number of aromatic nitrogens is 1. The van der Waals surface area contributed by atoms with E-state index in [1.54, 1.807) is 12.3 Å². The van der Waals surface area contributed by atoms with Gasteiger partial charge in [0.25, 0.3) is 0 Å². The van der Waals surface area contributed by atoms with Crippen LogP contribution in [0.5, 0.6) is 11.5 Å². The third kappa shape index (κ3) is 2.57. The highest BCUT2D eigenvalue weighted by Gasteiger charge is 2.06. The van der Waals surface area contributed by atoms with Crippen LogP contribution in [0.15, 0.2) is 36.7 Å². The van der Waals surface area contributed by atoms with Crippen molar-refractivity contribution in [2.24, 2.45) is 5.73 Å². The normalized spacial score (nSPS) is 10.3. The summed E-state index contributed by atoms with van der Waals surface area (Å²) in [5.74, 6) is -1.17. The van der Waals surface area contributed by atoms with Gasteiger partial charge in [0, 0.05) is 30.6 Å². The molecule has 5 heteroatoms. The van der Waals surface area contributed by atoms with Crippen molar-refractivity contribution < 1.29 is 13.5 Å². The summed E-state index contributed by atoms with van der Waals surface area (Å²) in [5, 5.41) is 0. The maximum absolute atomic E-state index is 13.0. The molecule has 0 aliphatic rings. The maximum Gasteiger partial charge on any atom is 0.162 e. The molecule has 0 amide bonds. The molecule has 0 atom stereocenters. The van der Waals surface area contributed by atoms with Crippen LogP contribution in [0.25, 0.3) is 0 Å². The predicted octanol–water partition coefficient (Wildman–Crippen LogP) is 2.61. The third-order valence-electron chi connectivity index (χ3n) is 2.20. The molecule has 0 aliphatic heterocycles. The van der Waals surface area contributed by atoms with Crippen molar-refractivity contribution in [2.75, 3.05) is 0 Å². The Bertz CT molecular complexity index is 532. The number of benzene rings is 1. The van der Waals surface area contributed by atoms with Crippen LogP contribution in [-0.2, 0) is 6.54 Å². The minimum atomic E-state index is -0.953. The van der Waals surface area contributed by atoms with E-state index >= 15 is 0 Å². The zero-order valence-electron chi connectivity index (χ0n) is 8.86. The number of rotatable bonds is 3. The lowest BCUT2D eigenvalue weighted by Gasteiger charge is -2.09. The van der Waals surface area contributed by atoms with E-state index < -0.39 is 11.6 Å². The number of nitrogens with two attached hydrogens (primary N) is 1. The fourth-order valence-corrected chi connectivity index (χ4v) is 1.33. The fraction of sp³-hybridized carbons (Fsp3) is 0.0833. The van der Waals surface area contributed by atoms with Crippen molar-refractivity contribution in [3.8, 4) is 11.5 Å². The molecule has 0 unspecified atom stereocenters. The molecule has 0 saturated carbocycles. The quantitative estimate of drug-likeness (QED) is 0.891. The van der Waals surface area contributed by atoms with Crippen LogP contribution in [-0.4, -0.2) is 4.98 Å². The summed E-state index contributed by atoms with van der Waals surface area (Å²) in [4.78, 5) is 3.90. The Balaban J connectivity index is 2.28. The number of hydrogen-bond acceptors (Lipinski definition) is 3. The summed E-state index contributed by atoms with van der Waals surface area (Å²) in [6.45, 7) is 0.257. The van der Waals surface area contributed by atoms with Gasteiger partial charge in [0.15, 0.2) is 11.6 Å². The molecule has 2 aromatic rings. The van der Waals surface area contributed by atoms with E-state index in [1.807, 2.05) is 0 Å². The van der Waals surface area contributed by atoms with Crippen LogP contribution in [0, 0.1) is 11.6 Å². The molecule has 88 valence electrons. The van der Waals surface area contributed by atoms with Gasteiger partial charge in [-0.1, -0.05) is 0 Å². The number of hydrogen-bond donors (Lipinski definition) is 1. The molecule has 1 heterocycles. The molecule has 2 rings (SSSR count). The van der Waals surface area contributed by atoms with Crippen LogP contribution in [0.3, 0.4) is 0 Å². The SMILES string of the molecule is NCc1cnccc1Oc1ccc(F)c(F)c1. The van der Waals surface area contributed by atoms with Gasteiger partial charge in [-0.3, -0.25) is 4.98 Å². The lowest BCUT2D eigenvalue weighted by Crippen LogP contribution is -2.00. The lowest BCUT2D eigenvalue weighted by molar-refractivity contribution is 0.457. The zero-order chi connectivity index (χ0) is 12.3. The average molecular weight is 236 g/mol. The van der Waals surface area contributed by atoms with E-state index in [-0.39, 0.29) is 12.3 Å². The van der Waals surface area contributed by atoms with Gasteiger partial charge in [0.1, 0.15) is 11.5 Å². The van der Waals surface area contributed by atoms with E-state index in [4.69, 9.17) is 10.5 Å². The first kappa shape index (κ1) is 11.5. The van der Waals surface area contributed by atoms with Crippen LogP contribution < -0.4 is 10.5 Å². The molecule has 0 fully saturated rings. The molecule has 3 nitrogen and oxygen atoms in total. The summed E-state index contributed by atoms with van der Waals surface area (Å²) < 4.78 is 31.1. The molecular weight excluding hydrogens is 226 g/mol. The van der Waals surface area contributed by atoms with Gasteiger partial charge >= 0.3 is 0 Å². The van der Waals surface area contributed by atoms with Crippen molar-refractivity contribution in [1.82, 2.24) is 4.98 Å². The Morgan fingerprint density at radius 3 is 2.71 bits per heavy atom. The van der Waals surface area contributed by atoms with Crippen molar-refractivity contribution in [1.29, 1.82) is 0 Å². The van der Waals surface area contributed by atoms with Crippen LogP contribution in [0.1, 0.15) is 5.56 Å².